The van der Waals surface area contributed by atoms with E-state index in [4.69, 9.17) is 20.8 Å². The van der Waals surface area contributed by atoms with Gasteiger partial charge in [-0.05, 0) is 62.1 Å². The Bertz CT molecular complexity index is 766. The Hall–Kier alpha value is -1.94. The largest absolute Gasteiger partial charge is 0.463 e. The van der Waals surface area contributed by atoms with Gasteiger partial charge < -0.3 is 14.1 Å². The lowest BCUT2D eigenvalue weighted by atomic mass is 9.80. The van der Waals surface area contributed by atoms with Crippen LogP contribution < -0.4 is 4.90 Å². The standard InChI is InChI=1S/C19H22ClNO3/c1-12-10-19(2,3)21(16-7-5-13(20)9-15(12)16)11-14-6-8-17(24-14)18(22)23-4/h5-9,12H,10-11H2,1-4H3/t12-/m0/s1. The number of nitrogens with zero attached hydrogens (tertiary/aromatic N) is 1. The van der Waals surface area contributed by atoms with Gasteiger partial charge in [-0.1, -0.05) is 18.5 Å². The topological polar surface area (TPSA) is 42.7 Å². The van der Waals surface area contributed by atoms with Crippen LogP contribution in [-0.4, -0.2) is 18.6 Å². The van der Waals surface area contributed by atoms with E-state index in [1.54, 1.807) is 6.07 Å². The van der Waals surface area contributed by atoms with Gasteiger partial charge in [-0.3, -0.25) is 0 Å². The van der Waals surface area contributed by atoms with E-state index in [1.807, 2.05) is 18.2 Å². The van der Waals surface area contributed by atoms with Crippen LogP contribution in [0, 0.1) is 0 Å². The Morgan fingerprint density at radius 1 is 1.38 bits per heavy atom. The Morgan fingerprint density at radius 2 is 2.12 bits per heavy atom. The number of ether oxygens (including phenoxy) is 1. The molecule has 1 aliphatic heterocycles. The molecule has 0 saturated carbocycles. The maximum atomic E-state index is 11.6. The number of halogens is 1. The smallest absolute Gasteiger partial charge is 0.373 e. The van der Waals surface area contributed by atoms with E-state index in [-0.39, 0.29) is 11.3 Å². The number of fused-ring (bicyclic) bond motifs is 1. The van der Waals surface area contributed by atoms with Crippen LogP contribution in [0.5, 0.6) is 0 Å². The van der Waals surface area contributed by atoms with Crippen LogP contribution in [0.15, 0.2) is 34.7 Å². The average Bonchev–Trinajstić information content (AvgIpc) is 2.99. The van der Waals surface area contributed by atoms with Crippen LogP contribution in [0.2, 0.25) is 5.02 Å². The fourth-order valence-electron chi connectivity index (χ4n) is 3.59. The summed E-state index contributed by atoms with van der Waals surface area (Å²) >= 11 is 6.19. The number of benzene rings is 1. The van der Waals surface area contributed by atoms with E-state index in [0.29, 0.717) is 12.5 Å². The van der Waals surface area contributed by atoms with Crippen molar-refractivity contribution in [1.29, 1.82) is 0 Å². The summed E-state index contributed by atoms with van der Waals surface area (Å²) in [6, 6.07) is 9.52. The number of hydrogen-bond donors (Lipinski definition) is 0. The number of anilines is 1. The molecule has 1 aromatic heterocycles. The van der Waals surface area contributed by atoms with Gasteiger partial charge in [-0.25, -0.2) is 4.79 Å². The fraction of sp³-hybridized carbons (Fsp3) is 0.421. The molecule has 0 spiro atoms. The summed E-state index contributed by atoms with van der Waals surface area (Å²) in [5.41, 5.74) is 2.39. The number of hydrogen-bond acceptors (Lipinski definition) is 4. The third-order valence-electron chi connectivity index (χ3n) is 4.71. The highest BCUT2D eigenvalue weighted by Crippen LogP contribution is 2.44. The van der Waals surface area contributed by atoms with Crippen LogP contribution in [-0.2, 0) is 11.3 Å². The zero-order valence-electron chi connectivity index (χ0n) is 14.4. The van der Waals surface area contributed by atoms with Gasteiger partial charge >= 0.3 is 5.97 Å². The molecule has 0 aliphatic carbocycles. The lowest BCUT2D eigenvalue weighted by Crippen LogP contribution is -2.47. The predicted octanol–water partition coefficient (Wildman–Crippen LogP) is 5.01. The number of esters is 1. The van der Waals surface area contributed by atoms with Crippen molar-refractivity contribution in [2.45, 2.75) is 45.2 Å². The first-order valence-corrected chi connectivity index (χ1v) is 8.44. The van der Waals surface area contributed by atoms with Gasteiger partial charge in [0.05, 0.1) is 13.7 Å². The molecule has 2 heterocycles. The minimum absolute atomic E-state index is 0.0293. The van der Waals surface area contributed by atoms with Crippen LogP contribution in [0.25, 0.3) is 0 Å². The summed E-state index contributed by atoms with van der Waals surface area (Å²) < 4.78 is 10.4. The molecule has 128 valence electrons. The highest BCUT2D eigenvalue weighted by molar-refractivity contribution is 6.30. The summed E-state index contributed by atoms with van der Waals surface area (Å²) in [7, 11) is 1.35. The SMILES string of the molecule is COC(=O)c1ccc(CN2c3ccc(Cl)cc3[C@@H](C)CC2(C)C)o1. The molecule has 1 atom stereocenters. The highest BCUT2D eigenvalue weighted by atomic mass is 35.5. The average molecular weight is 348 g/mol. The normalized spacial score (nSPS) is 19.0. The predicted molar refractivity (Wildman–Crippen MR) is 94.8 cm³/mol. The van der Waals surface area contributed by atoms with Gasteiger partial charge in [-0.2, -0.15) is 0 Å². The Balaban J connectivity index is 1.95. The van der Waals surface area contributed by atoms with E-state index in [1.165, 1.54) is 18.4 Å². The van der Waals surface area contributed by atoms with Crippen molar-refractivity contribution < 1.29 is 13.9 Å². The van der Waals surface area contributed by atoms with Crippen LogP contribution in [0.1, 0.15) is 55.0 Å². The zero-order chi connectivity index (χ0) is 17.5. The summed E-state index contributed by atoms with van der Waals surface area (Å²) in [6.45, 7) is 7.28. The Kier molecular flexibility index (Phi) is 4.35. The van der Waals surface area contributed by atoms with E-state index in [0.717, 1.165) is 17.2 Å². The van der Waals surface area contributed by atoms with Crippen molar-refractivity contribution in [1.82, 2.24) is 0 Å². The lowest BCUT2D eigenvalue weighted by molar-refractivity contribution is 0.0563. The maximum absolute atomic E-state index is 11.6. The molecule has 4 nitrogen and oxygen atoms in total. The van der Waals surface area contributed by atoms with Crippen molar-refractivity contribution >= 4 is 23.3 Å². The first-order chi connectivity index (χ1) is 11.3. The second kappa shape index (κ2) is 6.17. The molecule has 2 aromatic rings. The molecule has 0 unspecified atom stereocenters. The number of carbonyl (C=O) groups excluding carboxylic acids is 1. The van der Waals surface area contributed by atoms with Gasteiger partial charge in [0, 0.05) is 16.2 Å². The van der Waals surface area contributed by atoms with E-state index < -0.39 is 5.97 Å². The van der Waals surface area contributed by atoms with Gasteiger partial charge in [0.15, 0.2) is 0 Å². The van der Waals surface area contributed by atoms with Crippen molar-refractivity contribution in [2.75, 3.05) is 12.0 Å². The summed E-state index contributed by atoms with van der Waals surface area (Å²) in [5.74, 6) is 0.943. The minimum atomic E-state index is -0.458. The van der Waals surface area contributed by atoms with Crippen LogP contribution in [0.3, 0.4) is 0 Å². The van der Waals surface area contributed by atoms with Gasteiger partial charge in [0.1, 0.15) is 5.76 Å². The minimum Gasteiger partial charge on any atom is -0.463 e. The summed E-state index contributed by atoms with van der Waals surface area (Å²) in [4.78, 5) is 13.9. The third kappa shape index (κ3) is 3.03. The Labute approximate surface area is 147 Å². The monoisotopic (exact) mass is 347 g/mol. The molecule has 3 rings (SSSR count). The third-order valence-corrected chi connectivity index (χ3v) is 4.94. The summed E-state index contributed by atoms with van der Waals surface area (Å²) in [5, 5.41) is 0.756. The van der Waals surface area contributed by atoms with Gasteiger partial charge in [0.2, 0.25) is 5.76 Å². The van der Waals surface area contributed by atoms with Gasteiger partial charge in [0.25, 0.3) is 0 Å². The van der Waals surface area contributed by atoms with E-state index in [2.05, 4.69) is 31.7 Å². The molecule has 0 saturated heterocycles. The maximum Gasteiger partial charge on any atom is 0.373 e. The molecule has 1 aliphatic rings. The quantitative estimate of drug-likeness (QED) is 0.732. The molecule has 1 aromatic carbocycles. The molecule has 0 amide bonds. The van der Waals surface area contributed by atoms with Gasteiger partial charge in [-0.15, -0.1) is 0 Å². The molecular weight excluding hydrogens is 326 g/mol. The molecule has 0 bridgehead atoms. The Morgan fingerprint density at radius 3 is 2.83 bits per heavy atom. The molecule has 0 radical (unpaired) electrons. The second-order valence-electron chi connectivity index (χ2n) is 6.96. The van der Waals surface area contributed by atoms with Crippen molar-refractivity contribution in [3.8, 4) is 0 Å². The molecule has 0 N–H and O–H groups in total. The van der Waals surface area contributed by atoms with Crippen LogP contribution in [0.4, 0.5) is 5.69 Å². The number of furan rings is 1. The highest BCUT2D eigenvalue weighted by Gasteiger charge is 2.36. The number of rotatable bonds is 3. The lowest BCUT2D eigenvalue weighted by Gasteiger charge is -2.47. The summed E-state index contributed by atoms with van der Waals surface area (Å²) in [6.07, 6.45) is 1.02. The molecule has 0 fully saturated rings. The number of methoxy groups -OCH3 is 1. The molecular formula is C19H22ClNO3. The van der Waals surface area contributed by atoms with Crippen molar-refractivity contribution in [3.05, 3.63) is 52.4 Å². The van der Waals surface area contributed by atoms with Crippen LogP contribution >= 0.6 is 11.6 Å². The van der Waals surface area contributed by atoms with Crippen molar-refractivity contribution in [2.24, 2.45) is 0 Å². The zero-order valence-corrected chi connectivity index (χ0v) is 15.2. The first-order valence-electron chi connectivity index (χ1n) is 8.06. The van der Waals surface area contributed by atoms with Crippen molar-refractivity contribution in [3.63, 3.8) is 0 Å². The fourth-order valence-corrected chi connectivity index (χ4v) is 3.77. The van der Waals surface area contributed by atoms with E-state index >= 15 is 0 Å². The molecule has 24 heavy (non-hydrogen) atoms. The molecule has 5 heteroatoms. The second-order valence-corrected chi connectivity index (χ2v) is 7.40. The number of carbonyl (C=O) groups is 1. The first kappa shape index (κ1) is 16.9. The van der Waals surface area contributed by atoms with E-state index in [9.17, 15) is 4.79 Å².